The SMILES string of the molecule is CCC1CCCC(C(O)c2ccc(N)cc2)C1. The molecular formula is C15H23NO. The van der Waals surface area contributed by atoms with Gasteiger partial charge in [0.05, 0.1) is 6.10 Å². The van der Waals surface area contributed by atoms with Crippen molar-refractivity contribution in [2.24, 2.45) is 11.8 Å². The Morgan fingerprint density at radius 3 is 2.65 bits per heavy atom. The van der Waals surface area contributed by atoms with Crippen molar-refractivity contribution in [3.8, 4) is 0 Å². The van der Waals surface area contributed by atoms with E-state index in [0.29, 0.717) is 5.92 Å². The van der Waals surface area contributed by atoms with Crippen LogP contribution in [0.3, 0.4) is 0 Å². The fourth-order valence-electron chi connectivity index (χ4n) is 2.96. The Bertz CT molecular complexity index is 346. The molecule has 1 aliphatic carbocycles. The van der Waals surface area contributed by atoms with Crippen molar-refractivity contribution in [1.82, 2.24) is 0 Å². The van der Waals surface area contributed by atoms with Crippen LogP contribution in [0.25, 0.3) is 0 Å². The van der Waals surface area contributed by atoms with Gasteiger partial charge in [0, 0.05) is 5.69 Å². The van der Waals surface area contributed by atoms with E-state index in [2.05, 4.69) is 6.92 Å². The van der Waals surface area contributed by atoms with Gasteiger partial charge < -0.3 is 10.8 Å². The predicted molar refractivity (Wildman–Crippen MR) is 71.6 cm³/mol. The maximum atomic E-state index is 10.4. The first-order chi connectivity index (χ1) is 8.20. The van der Waals surface area contributed by atoms with Crippen molar-refractivity contribution in [1.29, 1.82) is 0 Å². The topological polar surface area (TPSA) is 46.2 Å². The van der Waals surface area contributed by atoms with Crippen molar-refractivity contribution >= 4 is 5.69 Å². The molecule has 0 spiro atoms. The Labute approximate surface area is 104 Å². The zero-order chi connectivity index (χ0) is 12.3. The molecule has 3 atom stereocenters. The van der Waals surface area contributed by atoms with Crippen LogP contribution in [0.15, 0.2) is 24.3 Å². The van der Waals surface area contributed by atoms with E-state index < -0.39 is 0 Å². The van der Waals surface area contributed by atoms with Gasteiger partial charge in [0.2, 0.25) is 0 Å². The average molecular weight is 233 g/mol. The molecule has 0 aromatic heterocycles. The van der Waals surface area contributed by atoms with E-state index in [1.165, 1.54) is 25.7 Å². The standard InChI is InChI=1S/C15H23NO/c1-2-11-4-3-5-13(10-11)15(17)12-6-8-14(16)9-7-12/h6-9,11,13,15,17H,2-5,10,16H2,1H3. The summed E-state index contributed by atoms with van der Waals surface area (Å²) in [5.41, 5.74) is 7.44. The lowest BCUT2D eigenvalue weighted by molar-refractivity contribution is 0.0678. The molecule has 1 fully saturated rings. The highest BCUT2D eigenvalue weighted by Crippen LogP contribution is 2.38. The summed E-state index contributed by atoms with van der Waals surface area (Å²) in [4.78, 5) is 0. The first kappa shape index (κ1) is 12.4. The minimum atomic E-state index is -0.315. The molecule has 94 valence electrons. The summed E-state index contributed by atoms with van der Waals surface area (Å²) in [6, 6.07) is 7.66. The third-order valence-electron chi connectivity index (χ3n) is 4.13. The highest BCUT2D eigenvalue weighted by molar-refractivity contribution is 5.39. The number of nitrogen functional groups attached to an aromatic ring is 1. The Kier molecular flexibility index (Phi) is 4.06. The summed E-state index contributed by atoms with van der Waals surface area (Å²) in [7, 11) is 0. The number of aliphatic hydroxyl groups excluding tert-OH is 1. The Balaban J connectivity index is 2.03. The minimum absolute atomic E-state index is 0.315. The van der Waals surface area contributed by atoms with Gasteiger partial charge in [-0.15, -0.1) is 0 Å². The fraction of sp³-hybridized carbons (Fsp3) is 0.600. The number of aliphatic hydroxyl groups is 1. The molecule has 1 aliphatic rings. The lowest BCUT2D eigenvalue weighted by atomic mass is 9.76. The number of nitrogens with two attached hydrogens (primary N) is 1. The summed E-state index contributed by atoms with van der Waals surface area (Å²) >= 11 is 0. The Hall–Kier alpha value is -1.02. The number of hydrogen-bond donors (Lipinski definition) is 2. The zero-order valence-electron chi connectivity index (χ0n) is 10.6. The Morgan fingerprint density at radius 1 is 1.29 bits per heavy atom. The van der Waals surface area contributed by atoms with E-state index in [0.717, 1.165) is 23.6 Å². The van der Waals surface area contributed by atoms with E-state index in [4.69, 9.17) is 5.73 Å². The summed E-state index contributed by atoms with van der Waals surface area (Å²) < 4.78 is 0. The zero-order valence-corrected chi connectivity index (χ0v) is 10.6. The van der Waals surface area contributed by atoms with Gasteiger partial charge in [-0.05, 0) is 42.4 Å². The van der Waals surface area contributed by atoms with E-state index >= 15 is 0 Å². The smallest absolute Gasteiger partial charge is 0.0818 e. The molecule has 3 N–H and O–H groups in total. The molecular weight excluding hydrogens is 210 g/mol. The number of benzene rings is 1. The van der Waals surface area contributed by atoms with Crippen molar-refractivity contribution < 1.29 is 5.11 Å². The molecule has 0 bridgehead atoms. The van der Waals surface area contributed by atoms with Gasteiger partial charge in [-0.3, -0.25) is 0 Å². The van der Waals surface area contributed by atoms with Crippen molar-refractivity contribution in [3.63, 3.8) is 0 Å². The second-order valence-electron chi connectivity index (χ2n) is 5.31. The molecule has 1 aromatic carbocycles. The van der Waals surface area contributed by atoms with Gasteiger partial charge in [-0.1, -0.05) is 38.3 Å². The van der Waals surface area contributed by atoms with Crippen LogP contribution in [0, 0.1) is 11.8 Å². The van der Waals surface area contributed by atoms with Gasteiger partial charge in [0.1, 0.15) is 0 Å². The molecule has 17 heavy (non-hydrogen) atoms. The van der Waals surface area contributed by atoms with Crippen molar-refractivity contribution in [3.05, 3.63) is 29.8 Å². The number of rotatable bonds is 3. The molecule has 2 rings (SSSR count). The molecule has 1 aromatic rings. The average Bonchev–Trinajstić information content (AvgIpc) is 2.39. The second-order valence-corrected chi connectivity index (χ2v) is 5.31. The van der Waals surface area contributed by atoms with Crippen molar-refractivity contribution in [2.75, 3.05) is 5.73 Å². The van der Waals surface area contributed by atoms with E-state index in [1.54, 1.807) is 0 Å². The monoisotopic (exact) mass is 233 g/mol. The van der Waals surface area contributed by atoms with Crippen LogP contribution in [0.2, 0.25) is 0 Å². The molecule has 3 unspecified atom stereocenters. The summed E-state index contributed by atoms with van der Waals surface area (Å²) in [5, 5.41) is 10.4. The molecule has 0 saturated heterocycles. The predicted octanol–water partition coefficient (Wildman–Crippen LogP) is 3.52. The fourth-order valence-corrected chi connectivity index (χ4v) is 2.96. The summed E-state index contributed by atoms with van der Waals surface area (Å²) in [6.07, 6.45) is 5.84. The second kappa shape index (κ2) is 5.54. The summed E-state index contributed by atoms with van der Waals surface area (Å²) in [6.45, 7) is 2.25. The quantitative estimate of drug-likeness (QED) is 0.785. The molecule has 0 radical (unpaired) electrons. The van der Waals surface area contributed by atoms with Gasteiger partial charge in [-0.25, -0.2) is 0 Å². The van der Waals surface area contributed by atoms with E-state index in [9.17, 15) is 5.11 Å². The normalized spacial score (nSPS) is 26.7. The van der Waals surface area contributed by atoms with Gasteiger partial charge in [0.25, 0.3) is 0 Å². The van der Waals surface area contributed by atoms with Gasteiger partial charge >= 0.3 is 0 Å². The van der Waals surface area contributed by atoms with Gasteiger partial charge in [-0.2, -0.15) is 0 Å². The first-order valence-corrected chi connectivity index (χ1v) is 6.74. The lowest BCUT2D eigenvalue weighted by Crippen LogP contribution is -2.21. The van der Waals surface area contributed by atoms with Crippen LogP contribution in [0.5, 0.6) is 0 Å². The lowest BCUT2D eigenvalue weighted by Gasteiger charge is -2.32. The molecule has 0 heterocycles. The van der Waals surface area contributed by atoms with E-state index in [-0.39, 0.29) is 6.10 Å². The third-order valence-corrected chi connectivity index (χ3v) is 4.13. The molecule has 2 nitrogen and oxygen atoms in total. The Morgan fingerprint density at radius 2 is 2.00 bits per heavy atom. The van der Waals surface area contributed by atoms with Crippen LogP contribution in [0.4, 0.5) is 5.69 Å². The maximum Gasteiger partial charge on any atom is 0.0818 e. The number of hydrogen-bond acceptors (Lipinski definition) is 2. The first-order valence-electron chi connectivity index (χ1n) is 6.74. The van der Waals surface area contributed by atoms with Crippen LogP contribution < -0.4 is 5.73 Å². The van der Waals surface area contributed by atoms with Crippen LogP contribution in [0.1, 0.15) is 50.7 Å². The number of anilines is 1. The maximum absolute atomic E-state index is 10.4. The van der Waals surface area contributed by atoms with Gasteiger partial charge in [0.15, 0.2) is 0 Å². The molecule has 0 amide bonds. The van der Waals surface area contributed by atoms with Crippen LogP contribution in [-0.2, 0) is 0 Å². The largest absolute Gasteiger partial charge is 0.399 e. The molecule has 0 aliphatic heterocycles. The summed E-state index contributed by atoms with van der Waals surface area (Å²) in [5.74, 6) is 1.23. The molecule has 2 heteroatoms. The van der Waals surface area contributed by atoms with E-state index in [1.807, 2.05) is 24.3 Å². The third kappa shape index (κ3) is 3.01. The highest BCUT2D eigenvalue weighted by atomic mass is 16.3. The molecule has 1 saturated carbocycles. The van der Waals surface area contributed by atoms with Crippen molar-refractivity contribution in [2.45, 2.75) is 45.1 Å². The minimum Gasteiger partial charge on any atom is -0.399 e. The van der Waals surface area contributed by atoms with Crippen LogP contribution in [-0.4, -0.2) is 5.11 Å². The van der Waals surface area contributed by atoms with Crippen LogP contribution >= 0.6 is 0 Å². The highest BCUT2D eigenvalue weighted by Gasteiger charge is 2.27.